The first-order chi connectivity index (χ1) is 15.4. The maximum absolute atomic E-state index is 12.5. The molecule has 2 fully saturated rings. The minimum atomic E-state index is -1.02. The molecular weight excluding hydrogens is 406 g/mol. The van der Waals surface area contributed by atoms with E-state index in [0.717, 1.165) is 29.4 Å². The molecule has 3 heterocycles. The molecule has 0 radical (unpaired) electrons. The van der Waals surface area contributed by atoms with Crippen LogP contribution in [0.2, 0.25) is 0 Å². The predicted molar refractivity (Wildman–Crippen MR) is 122 cm³/mol. The first-order valence-corrected chi connectivity index (χ1v) is 11.1. The second-order valence-corrected chi connectivity index (χ2v) is 9.17. The number of aliphatic hydroxyl groups is 1. The second-order valence-electron chi connectivity index (χ2n) is 9.17. The summed E-state index contributed by atoms with van der Waals surface area (Å²) in [5, 5.41) is 14.9. The van der Waals surface area contributed by atoms with Crippen molar-refractivity contribution in [3.63, 3.8) is 0 Å². The molecule has 8 heteroatoms. The number of ether oxygens (including phenoxy) is 1. The van der Waals surface area contributed by atoms with Gasteiger partial charge in [-0.2, -0.15) is 0 Å². The zero-order chi connectivity index (χ0) is 22.3. The highest BCUT2D eigenvalue weighted by Gasteiger charge is 2.44. The van der Waals surface area contributed by atoms with E-state index < -0.39 is 5.72 Å². The van der Waals surface area contributed by atoms with Gasteiger partial charge in [0.25, 0.3) is 5.91 Å². The van der Waals surface area contributed by atoms with E-state index in [-0.39, 0.29) is 18.6 Å². The Morgan fingerprint density at radius 2 is 2.19 bits per heavy atom. The molecule has 2 aromatic heterocycles. The van der Waals surface area contributed by atoms with Gasteiger partial charge >= 0.3 is 0 Å². The highest BCUT2D eigenvalue weighted by atomic mass is 16.5. The molecule has 1 saturated heterocycles. The summed E-state index contributed by atoms with van der Waals surface area (Å²) in [7, 11) is 0. The van der Waals surface area contributed by atoms with E-state index in [9.17, 15) is 9.90 Å². The number of fused-ring (bicyclic) bond motifs is 1. The Labute approximate surface area is 186 Å². The number of nitrogens with zero attached hydrogens (tertiary/aromatic N) is 2. The van der Waals surface area contributed by atoms with Crippen molar-refractivity contribution in [2.75, 3.05) is 32.0 Å². The van der Waals surface area contributed by atoms with Crippen LogP contribution in [0.4, 0.5) is 5.82 Å². The topological polar surface area (TPSA) is 116 Å². The van der Waals surface area contributed by atoms with Gasteiger partial charge in [-0.3, -0.25) is 9.69 Å². The average molecular weight is 436 g/mol. The van der Waals surface area contributed by atoms with E-state index in [1.54, 1.807) is 19.2 Å². The Hall–Kier alpha value is -2.94. The lowest BCUT2D eigenvalue weighted by Gasteiger charge is -2.44. The van der Waals surface area contributed by atoms with Crippen molar-refractivity contribution in [2.45, 2.75) is 25.2 Å². The van der Waals surface area contributed by atoms with Gasteiger partial charge in [0.15, 0.2) is 0 Å². The fourth-order valence-corrected chi connectivity index (χ4v) is 4.46. The smallest absolute Gasteiger partial charge is 0.267 e. The Bertz CT molecular complexity index is 1080. The van der Waals surface area contributed by atoms with Gasteiger partial charge in [-0.05, 0) is 43.4 Å². The molecule has 2 aliphatic rings. The van der Waals surface area contributed by atoms with E-state index in [1.807, 2.05) is 36.4 Å². The predicted octanol–water partition coefficient (Wildman–Crippen LogP) is 2.29. The average Bonchev–Trinajstić information content (AvgIpc) is 3.37. The minimum absolute atomic E-state index is 0.0823. The molecular formula is C24H29N5O3. The summed E-state index contributed by atoms with van der Waals surface area (Å²) in [6.45, 7) is 4.01. The SMILES string of the molecule is C[C@]1(O)CO[C@H](c2ccc(N)nc2)CN1CC1CC1CNC(=O)c1cc2ccccc2[nH]1. The van der Waals surface area contributed by atoms with Crippen molar-refractivity contribution in [3.8, 4) is 0 Å². The van der Waals surface area contributed by atoms with E-state index in [1.165, 1.54) is 0 Å². The number of carbonyl (C=O) groups excluding carboxylic acids is 1. The van der Waals surface area contributed by atoms with Crippen molar-refractivity contribution in [2.24, 2.45) is 11.8 Å². The summed E-state index contributed by atoms with van der Waals surface area (Å²) in [6, 6.07) is 13.4. The first kappa shape index (κ1) is 20.9. The number of hydrogen-bond acceptors (Lipinski definition) is 6. The van der Waals surface area contributed by atoms with Crippen LogP contribution in [0.15, 0.2) is 48.7 Å². The molecule has 168 valence electrons. The fourth-order valence-electron chi connectivity index (χ4n) is 4.46. The summed E-state index contributed by atoms with van der Waals surface area (Å²) >= 11 is 0. The number of H-pyrrole nitrogens is 1. The summed E-state index contributed by atoms with van der Waals surface area (Å²) < 4.78 is 5.90. The van der Waals surface area contributed by atoms with Crippen LogP contribution in [0.25, 0.3) is 10.9 Å². The Balaban J connectivity index is 1.15. The zero-order valence-corrected chi connectivity index (χ0v) is 18.1. The number of nitrogens with one attached hydrogen (secondary N) is 2. The number of rotatable bonds is 6. The number of aromatic amines is 1. The van der Waals surface area contributed by atoms with Gasteiger partial charge in [-0.25, -0.2) is 4.98 Å². The molecule has 2 unspecified atom stereocenters. The third-order valence-electron chi connectivity index (χ3n) is 6.63. The summed E-state index contributed by atoms with van der Waals surface area (Å²) in [5.74, 6) is 1.25. The Morgan fingerprint density at radius 3 is 2.97 bits per heavy atom. The third-order valence-corrected chi connectivity index (χ3v) is 6.63. The lowest BCUT2D eigenvalue weighted by molar-refractivity contribution is -0.205. The number of amides is 1. The van der Waals surface area contributed by atoms with Crippen LogP contribution in [0.5, 0.6) is 0 Å². The van der Waals surface area contributed by atoms with Crippen LogP contribution in [0.3, 0.4) is 0 Å². The molecule has 8 nitrogen and oxygen atoms in total. The molecule has 0 bridgehead atoms. The highest BCUT2D eigenvalue weighted by Crippen LogP contribution is 2.41. The molecule has 4 atom stereocenters. The number of para-hydroxylation sites is 1. The lowest BCUT2D eigenvalue weighted by Crippen LogP contribution is -2.56. The number of carbonyl (C=O) groups is 1. The molecule has 5 rings (SSSR count). The van der Waals surface area contributed by atoms with Gasteiger partial charge in [0, 0.05) is 42.3 Å². The van der Waals surface area contributed by atoms with Crippen LogP contribution in [-0.4, -0.2) is 57.8 Å². The molecule has 1 saturated carbocycles. The van der Waals surface area contributed by atoms with E-state index in [4.69, 9.17) is 10.5 Å². The second kappa shape index (κ2) is 8.20. The Morgan fingerprint density at radius 1 is 1.34 bits per heavy atom. The van der Waals surface area contributed by atoms with Crippen molar-refractivity contribution in [3.05, 3.63) is 59.9 Å². The van der Waals surface area contributed by atoms with Crippen LogP contribution >= 0.6 is 0 Å². The Kier molecular flexibility index (Phi) is 5.36. The molecule has 1 aliphatic heterocycles. The van der Waals surface area contributed by atoms with Crippen LogP contribution < -0.4 is 11.1 Å². The summed E-state index contributed by atoms with van der Waals surface area (Å²) in [4.78, 5) is 22.0. The third kappa shape index (κ3) is 4.34. The van der Waals surface area contributed by atoms with Crippen LogP contribution in [0, 0.1) is 11.8 Å². The summed E-state index contributed by atoms with van der Waals surface area (Å²) in [5.41, 5.74) is 7.17. The maximum Gasteiger partial charge on any atom is 0.267 e. The molecule has 3 aromatic rings. The number of anilines is 1. The fraction of sp³-hybridized carbons (Fsp3) is 0.417. The molecule has 0 spiro atoms. The van der Waals surface area contributed by atoms with Crippen molar-refractivity contribution in [1.82, 2.24) is 20.2 Å². The number of aromatic nitrogens is 2. The van der Waals surface area contributed by atoms with Gasteiger partial charge in [0.1, 0.15) is 17.2 Å². The van der Waals surface area contributed by atoms with Crippen LogP contribution in [0.1, 0.15) is 35.5 Å². The van der Waals surface area contributed by atoms with Gasteiger partial charge in [-0.1, -0.05) is 24.3 Å². The van der Waals surface area contributed by atoms with Gasteiger partial charge in [0.2, 0.25) is 0 Å². The van der Waals surface area contributed by atoms with Gasteiger partial charge in [0.05, 0.1) is 12.7 Å². The number of nitrogens with two attached hydrogens (primary N) is 1. The number of morpholine rings is 1. The van der Waals surface area contributed by atoms with Crippen molar-refractivity contribution in [1.29, 1.82) is 0 Å². The van der Waals surface area contributed by atoms with Crippen molar-refractivity contribution < 1.29 is 14.6 Å². The maximum atomic E-state index is 12.5. The monoisotopic (exact) mass is 435 g/mol. The number of benzene rings is 1. The largest absolute Gasteiger partial charge is 0.384 e. The lowest BCUT2D eigenvalue weighted by atomic mass is 10.1. The van der Waals surface area contributed by atoms with E-state index in [2.05, 4.69) is 20.2 Å². The standard InChI is InChI=1S/C24H29N5O3/c1-24(31)14-32-21(16-6-7-22(25)26-10-16)13-29(24)12-18-8-17(18)11-27-23(30)20-9-15-4-2-3-5-19(15)28-20/h2-7,9-10,17-18,21,28,31H,8,11-14H2,1H3,(H2,25,26)(H,27,30)/t17?,18?,21-,24-/m0/s1. The van der Waals surface area contributed by atoms with E-state index in [0.29, 0.717) is 36.4 Å². The molecule has 1 aromatic carbocycles. The van der Waals surface area contributed by atoms with Gasteiger partial charge in [-0.15, -0.1) is 0 Å². The first-order valence-electron chi connectivity index (χ1n) is 11.1. The zero-order valence-electron chi connectivity index (χ0n) is 18.1. The quantitative estimate of drug-likeness (QED) is 0.472. The number of hydrogen-bond donors (Lipinski definition) is 4. The molecule has 1 aliphatic carbocycles. The molecule has 5 N–H and O–H groups in total. The normalized spacial score (nSPS) is 28.0. The highest BCUT2D eigenvalue weighted by molar-refractivity contribution is 5.97. The number of nitrogen functional groups attached to an aromatic ring is 1. The molecule has 1 amide bonds. The summed E-state index contributed by atoms with van der Waals surface area (Å²) in [6.07, 6.45) is 2.62. The van der Waals surface area contributed by atoms with Crippen LogP contribution in [-0.2, 0) is 4.74 Å². The van der Waals surface area contributed by atoms with E-state index >= 15 is 0 Å². The number of pyridine rings is 1. The minimum Gasteiger partial charge on any atom is -0.384 e. The van der Waals surface area contributed by atoms with Crippen molar-refractivity contribution >= 4 is 22.6 Å². The molecule has 32 heavy (non-hydrogen) atoms. The van der Waals surface area contributed by atoms with Gasteiger partial charge < -0.3 is 25.9 Å².